The van der Waals surface area contributed by atoms with Crippen LogP contribution in [-0.2, 0) is 6.54 Å². The molecule has 1 aliphatic carbocycles. The van der Waals surface area contributed by atoms with Crippen LogP contribution >= 0.6 is 15.9 Å². The van der Waals surface area contributed by atoms with Gasteiger partial charge in [0.05, 0.1) is 12.6 Å². The molecule has 0 atom stereocenters. The largest absolute Gasteiger partial charge is 0.573 e. The number of anilines is 3. The molecule has 1 saturated carbocycles. The number of ether oxygens (including phenoxy) is 2. The van der Waals surface area contributed by atoms with E-state index in [1.54, 1.807) is 19.2 Å². The molecule has 3 aromatic carbocycles. The zero-order valence-corrected chi connectivity index (χ0v) is 23.3. The normalized spacial score (nSPS) is 17.4. The highest BCUT2D eigenvalue weighted by atomic mass is 79.9. The van der Waals surface area contributed by atoms with Gasteiger partial charge in [0.15, 0.2) is 0 Å². The summed E-state index contributed by atoms with van der Waals surface area (Å²) in [5.74, 6) is 1.84. The summed E-state index contributed by atoms with van der Waals surface area (Å²) in [4.78, 5) is 9.52. The maximum absolute atomic E-state index is 12.8. The lowest BCUT2D eigenvalue weighted by atomic mass is 9.91. The molecular weight excluding hydrogens is 587 g/mol. The maximum atomic E-state index is 12.8. The van der Waals surface area contributed by atoms with E-state index >= 15 is 0 Å². The van der Waals surface area contributed by atoms with E-state index in [2.05, 4.69) is 36.6 Å². The fourth-order valence-electron chi connectivity index (χ4n) is 4.82. The third-order valence-corrected chi connectivity index (χ3v) is 7.35. The zero-order chi connectivity index (χ0) is 28.1. The number of aromatic nitrogens is 2. The highest BCUT2D eigenvalue weighted by molar-refractivity contribution is 9.10. The molecule has 0 bridgehead atoms. The molecule has 210 valence electrons. The standard InChI is InChI=1S/C29H29BrF3N5O2/c1-39-23-14-12-21(13-15-23)35-27-24-4-2-3-5-25(24)37-28(38-27)36-22-10-8-20(9-11-22)34-17-18-6-7-19(30)16-26(18)40-29(31,32)33/h2-7,12-16,20,22,34H,8-11,17H2,1H3,(H2,35,36,37,38). The van der Waals surface area contributed by atoms with Crippen molar-refractivity contribution in [2.24, 2.45) is 0 Å². The Morgan fingerprint density at radius 1 is 0.925 bits per heavy atom. The Hall–Kier alpha value is -3.57. The van der Waals surface area contributed by atoms with E-state index in [9.17, 15) is 13.2 Å². The number of hydrogen-bond acceptors (Lipinski definition) is 7. The molecule has 4 aromatic rings. The third-order valence-electron chi connectivity index (χ3n) is 6.85. The van der Waals surface area contributed by atoms with Crippen LogP contribution in [0.15, 0.2) is 71.2 Å². The smallest absolute Gasteiger partial charge is 0.497 e. The van der Waals surface area contributed by atoms with Gasteiger partial charge in [0.25, 0.3) is 0 Å². The van der Waals surface area contributed by atoms with Crippen molar-refractivity contribution in [3.05, 3.63) is 76.8 Å². The molecule has 1 aromatic heterocycles. The van der Waals surface area contributed by atoms with Gasteiger partial charge in [-0.25, -0.2) is 4.98 Å². The number of halogens is 4. The van der Waals surface area contributed by atoms with Gasteiger partial charge in [-0.15, -0.1) is 13.2 Å². The third kappa shape index (κ3) is 7.33. The molecule has 3 N–H and O–H groups in total. The van der Waals surface area contributed by atoms with Crippen molar-refractivity contribution in [1.82, 2.24) is 15.3 Å². The van der Waals surface area contributed by atoms with Crippen molar-refractivity contribution in [3.8, 4) is 11.5 Å². The first-order chi connectivity index (χ1) is 19.3. The molecule has 1 aliphatic rings. The Balaban J connectivity index is 1.20. The lowest BCUT2D eigenvalue weighted by Crippen LogP contribution is -2.37. The van der Waals surface area contributed by atoms with Crippen molar-refractivity contribution in [1.29, 1.82) is 0 Å². The number of para-hydroxylation sites is 1. The van der Waals surface area contributed by atoms with Crippen LogP contribution in [0, 0.1) is 0 Å². The molecule has 0 saturated heterocycles. The zero-order valence-electron chi connectivity index (χ0n) is 21.8. The minimum absolute atomic E-state index is 0.185. The van der Waals surface area contributed by atoms with Gasteiger partial charge >= 0.3 is 6.36 Å². The van der Waals surface area contributed by atoms with Crippen LogP contribution in [0.2, 0.25) is 0 Å². The minimum Gasteiger partial charge on any atom is -0.497 e. The summed E-state index contributed by atoms with van der Waals surface area (Å²) < 4.78 is 48.5. The fourth-order valence-corrected chi connectivity index (χ4v) is 5.16. The molecule has 0 radical (unpaired) electrons. The number of rotatable bonds is 9. The molecular formula is C29H29BrF3N5O2. The molecule has 0 unspecified atom stereocenters. The van der Waals surface area contributed by atoms with E-state index < -0.39 is 6.36 Å². The van der Waals surface area contributed by atoms with Crippen molar-refractivity contribution in [2.75, 3.05) is 17.7 Å². The quantitative estimate of drug-likeness (QED) is 0.179. The highest BCUT2D eigenvalue weighted by Gasteiger charge is 2.32. The van der Waals surface area contributed by atoms with Crippen molar-refractivity contribution in [3.63, 3.8) is 0 Å². The van der Waals surface area contributed by atoms with Gasteiger partial charge in [-0.3, -0.25) is 0 Å². The topological polar surface area (TPSA) is 80.3 Å². The van der Waals surface area contributed by atoms with Gasteiger partial charge in [0.2, 0.25) is 5.95 Å². The number of methoxy groups -OCH3 is 1. The van der Waals surface area contributed by atoms with Crippen LogP contribution in [0.3, 0.4) is 0 Å². The van der Waals surface area contributed by atoms with Crippen LogP contribution in [0.4, 0.5) is 30.6 Å². The summed E-state index contributed by atoms with van der Waals surface area (Å²) >= 11 is 3.21. The first kappa shape index (κ1) is 28.0. The lowest BCUT2D eigenvalue weighted by molar-refractivity contribution is -0.274. The van der Waals surface area contributed by atoms with Gasteiger partial charge in [-0.05, 0) is 74.2 Å². The summed E-state index contributed by atoms with van der Waals surface area (Å²) in [5, 5.41) is 11.2. The summed E-state index contributed by atoms with van der Waals surface area (Å²) in [6, 6.07) is 20.6. The average molecular weight is 616 g/mol. The van der Waals surface area contributed by atoms with Crippen LogP contribution in [0.5, 0.6) is 11.5 Å². The van der Waals surface area contributed by atoms with Gasteiger partial charge in [0, 0.05) is 39.7 Å². The maximum Gasteiger partial charge on any atom is 0.573 e. The van der Waals surface area contributed by atoms with Gasteiger partial charge in [-0.2, -0.15) is 4.98 Å². The van der Waals surface area contributed by atoms with Gasteiger partial charge < -0.3 is 25.4 Å². The Labute approximate surface area is 238 Å². The predicted molar refractivity (Wildman–Crippen MR) is 153 cm³/mol. The Bertz CT molecular complexity index is 1440. The first-order valence-electron chi connectivity index (χ1n) is 13.0. The SMILES string of the molecule is COc1ccc(Nc2nc(NC3CCC(NCc4ccc(Br)cc4OC(F)(F)F)CC3)nc3ccccc23)cc1. The summed E-state index contributed by atoms with van der Waals surface area (Å²) in [5.41, 5.74) is 2.18. The summed E-state index contributed by atoms with van der Waals surface area (Å²) in [6.07, 6.45) is -1.25. The number of benzene rings is 3. The van der Waals surface area contributed by atoms with E-state index in [0.717, 1.165) is 48.0 Å². The molecule has 1 fully saturated rings. The van der Waals surface area contributed by atoms with E-state index in [-0.39, 0.29) is 24.4 Å². The molecule has 11 heteroatoms. The lowest BCUT2D eigenvalue weighted by Gasteiger charge is -2.30. The number of alkyl halides is 3. The second kappa shape index (κ2) is 12.3. The van der Waals surface area contributed by atoms with E-state index in [0.29, 0.717) is 21.8 Å². The number of fused-ring (bicyclic) bond motifs is 1. The second-order valence-electron chi connectivity index (χ2n) is 9.64. The van der Waals surface area contributed by atoms with Crippen LogP contribution in [-0.4, -0.2) is 35.5 Å². The first-order valence-corrected chi connectivity index (χ1v) is 13.8. The monoisotopic (exact) mass is 615 g/mol. The summed E-state index contributed by atoms with van der Waals surface area (Å²) in [7, 11) is 1.63. The molecule has 0 amide bonds. The van der Waals surface area contributed by atoms with Crippen molar-refractivity contribution in [2.45, 2.75) is 50.7 Å². The van der Waals surface area contributed by atoms with Crippen molar-refractivity contribution < 1.29 is 22.6 Å². The Morgan fingerprint density at radius 3 is 2.38 bits per heavy atom. The van der Waals surface area contributed by atoms with E-state index in [4.69, 9.17) is 14.7 Å². The molecule has 1 heterocycles. The highest BCUT2D eigenvalue weighted by Crippen LogP contribution is 2.31. The van der Waals surface area contributed by atoms with Crippen LogP contribution < -0.4 is 25.4 Å². The number of nitrogens with one attached hydrogen (secondary N) is 3. The molecule has 7 nitrogen and oxygen atoms in total. The van der Waals surface area contributed by atoms with E-state index in [1.165, 1.54) is 6.07 Å². The number of hydrogen-bond donors (Lipinski definition) is 3. The molecule has 40 heavy (non-hydrogen) atoms. The average Bonchev–Trinajstić information content (AvgIpc) is 2.93. The molecule has 0 spiro atoms. The second-order valence-corrected chi connectivity index (χ2v) is 10.6. The minimum atomic E-state index is -4.74. The van der Waals surface area contributed by atoms with Crippen LogP contribution in [0.1, 0.15) is 31.2 Å². The fraction of sp³-hybridized carbons (Fsp3) is 0.310. The summed E-state index contributed by atoms with van der Waals surface area (Å²) in [6.45, 7) is 0.287. The van der Waals surface area contributed by atoms with Gasteiger partial charge in [0.1, 0.15) is 17.3 Å². The Morgan fingerprint density at radius 2 is 1.65 bits per heavy atom. The van der Waals surface area contributed by atoms with Crippen molar-refractivity contribution >= 4 is 44.3 Å². The van der Waals surface area contributed by atoms with Gasteiger partial charge in [-0.1, -0.05) is 34.1 Å². The molecule has 0 aliphatic heterocycles. The number of nitrogens with zero attached hydrogens (tertiary/aromatic N) is 2. The Kier molecular flexibility index (Phi) is 8.60. The van der Waals surface area contributed by atoms with E-state index in [1.807, 2.05) is 48.5 Å². The predicted octanol–water partition coefficient (Wildman–Crippen LogP) is 7.56. The molecule has 5 rings (SSSR count). The van der Waals surface area contributed by atoms with Crippen LogP contribution in [0.25, 0.3) is 10.9 Å².